The van der Waals surface area contributed by atoms with Crippen LogP contribution >= 0.6 is 0 Å². The molecule has 0 bridgehead atoms. The molecule has 3 nitrogen and oxygen atoms in total. The van der Waals surface area contributed by atoms with E-state index in [1.807, 2.05) is 7.11 Å². The molecule has 2 aliphatic rings. The fraction of sp³-hybridized carbons (Fsp3) is 1.00. The van der Waals surface area contributed by atoms with Gasteiger partial charge in [-0.05, 0) is 37.6 Å². The summed E-state index contributed by atoms with van der Waals surface area (Å²) in [6.07, 6.45) is 6.95. The molecule has 0 amide bonds. The van der Waals surface area contributed by atoms with Crippen LogP contribution in [0, 0.1) is 5.41 Å². The topological polar surface area (TPSA) is 24.5 Å². The van der Waals surface area contributed by atoms with Gasteiger partial charge in [0.05, 0.1) is 6.10 Å². The number of hydrogen-bond donors (Lipinski definition) is 1. The molecule has 1 aliphatic carbocycles. The summed E-state index contributed by atoms with van der Waals surface area (Å²) in [5.74, 6) is 0. The molecule has 3 atom stereocenters. The zero-order valence-corrected chi connectivity index (χ0v) is 13.2. The number of nitrogens with one attached hydrogen (secondary N) is 1. The minimum absolute atomic E-state index is 0.420. The molecule has 2 fully saturated rings. The van der Waals surface area contributed by atoms with Gasteiger partial charge in [-0.2, -0.15) is 0 Å². The molecular weight excluding hydrogens is 236 g/mol. The van der Waals surface area contributed by atoms with Crippen LogP contribution in [-0.4, -0.2) is 49.8 Å². The average Bonchev–Trinajstić information content (AvgIpc) is 2.85. The molecule has 3 unspecified atom stereocenters. The lowest BCUT2D eigenvalue weighted by Gasteiger charge is -2.48. The molecule has 3 heteroatoms. The maximum absolute atomic E-state index is 5.54. The van der Waals surface area contributed by atoms with Crippen molar-refractivity contribution >= 4 is 0 Å². The minimum atomic E-state index is 0.420. The Morgan fingerprint density at radius 3 is 2.74 bits per heavy atom. The molecular formula is C16H32N2O. The maximum Gasteiger partial charge on any atom is 0.0710 e. The molecule has 1 N–H and O–H groups in total. The Labute approximate surface area is 119 Å². The van der Waals surface area contributed by atoms with E-state index in [9.17, 15) is 0 Å². The Kier molecular flexibility index (Phi) is 5.27. The maximum atomic E-state index is 5.54. The van der Waals surface area contributed by atoms with Crippen LogP contribution < -0.4 is 5.32 Å². The van der Waals surface area contributed by atoms with Crippen LogP contribution in [0.3, 0.4) is 0 Å². The highest BCUT2D eigenvalue weighted by Crippen LogP contribution is 2.38. The van der Waals surface area contributed by atoms with Gasteiger partial charge in [-0.15, -0.1) is 0 Å². The zero-order chi connectivity index (χ0) is 13.9. The van der Waals surface area contributed by atoms with Crippen LogP contribution in [0.4, 0.5) is 0 Å². The predicted octanol–water partition coefficient (Wildman–Crippen LogP) is 2.65. The van der Waals surface area contributed by atoms with Crippen molar-refractivity contribution in [1.82, 2.24) is 10.2 Å². The van der Waals surface area contributed by atoms with E-state index in [-0.39, 0.29) is 0 Å². The van der Waals surface area contributed by atoms with Crippen molar-refractivity contribution in [2.45, 2.75) is 71.1 Å². The number of rotatable bonds is 5. The van der Waals surface area contributed by atoms with Gasteiger partial charge in [-0.1, -0.05) is 27.2 Å². The lowest BCUT2D eigenvalue weighted by molar-refractivity contribution is 0.0460. The molecule has 0 aromatic heterocycles. The summed E-state index contributed by atoms with van der Waals surface area (Å²) in [5.41, 5.74) is 0.420. The molecule has 19 heavy (non-hydrogen) atoms. The zero-order valence-electron chi connectivity index (χ0n) is 13.2. The third-order valence-corrected chi connectivity index (χ3v) is 5.14. The van der Waals surface area contributed by atoms with Crippen LogP contribution in [0.2, 0.25) is 0 Å². The highest BCUT2D eigenvalue weighted by molar-refractivity contribution is 4.99. The molecule has 0 aromatic carbocycles. The number of methoxy groups -OCH3 is 1. The highest BCUT2D eigenvalue weighted by Gasteiger charge is 2.42. The molecule has 1 saturated heterocycles. The van der Waals surface area contributed by atoms with E-state index in [1.165, 1.54) is 38.6 Å². The van der Waals surface area contributed by atoms with Gasteiger partial charge in [0, 0.05) is 32.3 Å². The standard InChI is InChI=1S/C16H32N2O/c1-5-10-17-15-14(7-6-9-16(15,2)3)18-11-8-13(12-18)19-4/h13-15,17H,5-12H2,1-4H3. The van der Waals surface area contributed by atoms with E-state index in [0.29, 0.717) is 23.6 Å². The summed E-state index contributed by atoms with van der Waals surface area (Å²) in [6.45, 7) is 10.6. The monoisotopic (exact) mass is 268 g/mol. The SMILES string of the molecule is CCCNC1C(N2CCC(OC)C2)CCCC1(C)C. The van der Waals surface area contributed by atoms with E-state index in [0.717, 1.165) is 13.1 Å². The fourth-order valence-corrected chi connectivity index (χ4v) is 3.96. The molecule has 0 spiro atoms. The Morgan fingerprint density at radius 2 is 2.11 bits per heavy atom. The molecule has 0 aromatic rings. The summed E-state index contributed by atoms with van der Waals surface area (Å²) in [4.78, 5) is 2.68. The Bertz CT molecular complexity index is 280. The van der Waals surface area contributed by atoms with Crippen molar-refractivity contribution in [2.75, 3.05) is 26.7 Å². The van der Waals surface area contributed by atoms with Crippen molar-refractivity contribution in [3.05, 3.63) is 0 Å². The molecule has 1 heterocycles. The van der Waals surface area contributed by atoms with Gasteiger partial charge in [-0.25, -0.2) is 0 Å². The van der Waals surface area contributed by atoms with Crippen molar-refractivity contribution in [1.29, 1.82) is 0 Å². The third kappa shape index (κ3) is 3.50. The smallest absolute Gasteiger partial charge is 0.0710 e. The van der Waals surface area contributed by atoms with Gasteiger partial charge >= 0.3 is 0 Å². The highest BCUT2D eigenvalue weighted by atomic mass is 16.5. The first kappa shape index (κ1) is 15.3. The van der Waals surface area contributed by atoms with Crippen molar-refractivity contribution in [2.24, 2.45) is 5.41 Å². The first-order valence-corrected chi connectivity index (χ1v) is 8.08. The summed E-state index contributed by atoms with van der Waals surface area (Å²) in [6, 6.07) is 1.34. The second kappa shape index (κ2) is 6.55. The Morgan fingerprint density at radius 1 is 1.32 bits per heavy atom. The third-order valence-electron chi connectivity index (χ3n) is 5.14. The summed E-state index contributed by atoms with van der Waals surface area (Å²) >= 11 is 0. The number of nitrogens with zero attached hydrogens (tertiary/aromatic N) is 1. The van der Waals surface area contributed by atoms with Crippen LogP contribution in [-0.2, 0) is 4.74 Å². The lowest BCUT2D eigenvalue weighted by Crippen LogP contribution is -2.58. The molecule has 1 aliphatic heterocycles. The van der Waals surface area contributed by atoms with E-state index in [2.05, 4.69) is 31.0 Å². The second-order valence-corrected chi connectivity index (χ2v) is 7.02. The van der Waals surface area contributed by atoms with Crippen molar-refractivity contribution in [3.8, 4) is 0 Å². The number of ether oxygens (including phenoxy) is 1. The first-order valence-electron chi connectivity index (χ1n) is 8.08. The minimum Gasteiger partial charge on any atom is -0.380 e. The van der Waals surface area contributed by atoms with E-state index in [1.54, 1.807) is 0 Å². The normalized spacial score (nSPS) is 35.7. The predicted molar refractivity (Wildman–Crippen MR) is 80.5 cm³/mol. The summed E-state index contributed by atoms with van der Waals surface area (Å²) in [7, 11) is 1.85. The van der Waals surface area contributed by atoms with Crippen LogP contribution in [0.15, 0.2) is 0 Å². The molecule has 1 saturated carbocycles. The average molecular weight is 268 g/mol. The van der Waals surface area contributed by atoms with Gasteiger partial charge in [0.25, 0.3) is 0 Å². The van der Waals surface area contributed by atoms with Crippen molar-refractivity contribution in [3.63, 3.8) is 0 Å². The van der Waals surface area contributed by atoms with Crippen molar-refractivity contribution < 1.29 is 4.74 Å². The Balaban J connectivity index is 2.03. The molecule has 2 rings (SSSR count). The number of likely N-dealkylation sites (tertiary alicyclic amines) is 1. The number of hydrogen-bond acceptors (Lipinski definition) is 3. The van der Waals surface area contributed by atoms with Gasteiger partial charge < -0.3 is 10.1 Å². The first-order chi connectivity index (χ1) is 9.08. The molecule has 0 radical (unpaired) electrons. The van der Waals surface area contributed by atoms with E-state index in [4.69, 9.17) is 4.74 Å². The quantitative estimate of drug-likeness (QED) is 0.829. The van der Waals surface area contributed by atoms with E-state index >= 15 is 0 Å². The van der Waals surface area contributed by atoms with E-state index < -0.39 is 0 Å². The summed E-state index contributed by atoms with van der Waals surface area (Å²) < 4.78 is 5.54. The molecule has 112 valence electrons. The van der Waals surface area contributed by atoms with Crippen LogP contribution in [0.1, 0.15) is 52.9 Å². The largest absolute Gasteiger partial charge is 0.380 e. The van der Waals surface area contributed by atoms with Crippen LogP contribution in [0.25, 0.3) is 0 Å². The lowest BCUT2D eigenvalue weighted by atomic mass is 9.70. The Hall–Kier alpha value is -0.120. The van der Waals surface area contributed by atoms with Gasteiger partial charge in [-0.3, -0.25) is 4.90 Å². The van der Waals surface area contributed by atoms with Crippen LogP contribution in [0.5, 0.6) is 0 Å². The van der Waals surface area contributed by atoms with Gasteiger partial charge in [0.1, 0.15) is 0 Å². The van der Waals surface area contributed by atoms with Gasteiger partial charge in [0.2, 0.25) is 0 Å². The second-order valence-electron chi connectivity index (χ2n) is 7.02. The fourth-order valence-electron chi connectivity index (χ4n) is 3.96. The van der Waals surface area contributed by atoms with Gasteiger partial charge in [0.15, 0.2) is 0 Å². The summed E-state index contributed by atoms with van der Waals surface area (Å²) in [5, 5.41) is 3.84.